The lowest BCUT2D eigenvalue weighted by Gasteiger charge is -2.15. The summed E-state index contributed by atoms with van der Waals surface area (Å²) in [6.45, 7) is 0. The molecule has 0 amide bonds. The summed E-state index contributed by atoms with van der Waals surface area (Å²) >= 11 is 0. The van der Waals surface area contributed by atoms with Crippen LogP contribution >= 0.6 is 0 Å². The molecule has 0 saturated carbocycles. The highest BCUT2D eigenvalue weighted by Crippen LogP contribution is 2.32. The molecule has 90 valence electrons. The number of hydrogen-bond acceptors (Lipinski definition) is 2. The van der Waals surface area contributed by atoms with E-state index in [0.717, 1.165) is 12.8 Å². The summed E-state index contributed by atoms with van der Waals surface area (Å²) in [6.07, 6.45) is 3.72. The van der Waals surface area contributed by atoms with E-state index < -0.39 is 0 Å². The summed E-state index contributed by atoms with van der Waals surface area (Å²) in [7, 11) is 0. The van der Waals surface area contributed by atoms with Crippen molar-refractivity contribution in [1.29, 1.82) is 0 Å². The van der Waals surface area contributed by atoms with Gasteiger partial charge >= 0.3 is 0 Å². The molecule has 1 N–H and O–H groups in total. The number of aryl methyl sites for hydroxylation is 2. The molecule has 0 heterocycles. The van der Waals surface area contributed by atoms with Crippen LogP contribution < -0.4 is 0 Å². The molecule has 2 aromatic rings. The molecule has 2 nitrogen and oxygen atoms in total. The summed E-state index contributed by atoms with van der Waals surface area (Å²) in [6, 6.07) is 16.8. The molecule has 1 aliphatic rings. The van der Waals surface area contributed by atoms with Crippen LogP contribution in [0, 0.1) is 0 Å². The highest BCUT2D eigenvalue weighted by Gasteiger charge is 2.21. The summed E-state index contributed by atoms with van der Waals surface area (Å²) in [5.74, 6) is 0.0601. The molecule has 1 aliphatic carbocycles. The van der Waals surface area contributed by atoms with Crippen LogP contribution in [0.2, 0.25) is 0 Å². The van der Waals surface area contributed by atoms with Crippen LogP contribution in [-0.2, 0) is 12.8 Å². The van der Waals surface area contributed by atoms with Gasteiger partial charge in [0.2, 0.25) is 0 Å². The third-order valence-electron chi connectivity index (χ3n) is 3.66. The third-order valence-corrected chi connectivity index (χ3v) is 3.66. The predicted molar refractivity (Wildman–Crippen MR) is 72.4 cm³/mol. The van der Waals surface area contributed by atoms with E-state index in [1.54, 1.807) is 6.21 Å². The Morgan fingerprint density at radius 3 is 1.89 bits per heavy atom. The van der Waals surface area contributed by atoms with E-state index in [4.69, 9.17) is 5.21 Å². The number of benzene rings is 2. The largest absolute Gasteiger partial charge is 0.411 e. The van der Waals surface area contributed by atoms with E-state index in [9.17, 15) is 0 Å². The zero-order chi connectivity index (χ0) is 12.4. The van der Waals surface area contributed by atoms with Crippen molar-refractivity contribution in [3.63, 3.8) is 0 Å². The lowest BCUT2D eigenvalue weighted by Crippen LogP contribution is -2.05. The van der Waals surface area contributed by atoms with Crippen LogP contribution in [0.4, 0.5) is 0 Å². The van der Waals surface area contributed by atoms with Crippen molar-refractivity contribution < 1.29 is 5.21 Å². The van der Waals surface area contributed by atoms with Gasteiger partial charge in [-0.15, -0.1) is 5.16 Å². The van der Waals surface area contributed by atoms with Crippen LogP contribution in [-0.4, -0.2) is 11.4 Å². The van der Waals surface area contributed by atoms with E-state index in [2.05, 4.69) is 41.6 Å². The normalized spacial score (nSPS) is 15.1. The van der Waals surface area contributed by atoms with Crippen molar-refractivity contribution in [2.24, 2.45) is 5.16 Å². The molecular weight excluding hydrogens is 222 g/mol. The summed E-state index contributed by atoms with van der Waals surface area (Å²) in [5.41, 5.74) is 5.19. The number of rotatable bonds is 1. The summed E-state index contributed by atoms with van der Waals surface area (Å²) in [4.78, 5) is 0. The highest BCUT2D eigenvalue weighted by atomic mass is 16.4. The van der Waals surface area contributed by atoms with Gasteiger partial charge in [-0.3, -0.25) is 0 Å². The Balaban J connectivity index is 2.21. The van der Waals surface area contributed by atoms with Gasteiger partial charge in [0.05, 0.1) is 6.21 Å². The molecule has 0 atom stereocenters. The van der Waals surface area contributed by atoms with E-state index in [-0.39, 0.29) is 5.92 Å². The Morgan fingerprint density at radius 2 is 1.39 bits per heavy atom. The van der Waals surface area contributed by atoms with Gasteiger partial charge in [0.15, 0.2) is 0 Å². The van der Waals surface area contributed by atoms with Gasteiger partial charge in [-0.2, -0.15) is 0 Å². The van der Waals surface area contributed by atoms with Gasteiger partial charge in [-0.1, -0.05) is 48.5 Å². The number of oxime groups is 1. The smallest absolute Gasteiger partial charge is 0.0555 e. The fourth-order valence-corrected chi connectivity index (χ4v) is 2.79. The molecule has 2 aromatic carbocycles. The molecule has 0 fully saturated rings. The molecule has 0 spiro atoms. The van der Waals surface area contributed by atoms with Gasteiger partial charge in [0.1, 0.15) is 0 Å². The average molecular weight is 237 g/mol. The monoisotopic (exact) mass is 237 g/mol. The second-order valence-corrected chi connectivity index (χ2v) is 4.64. The maximum atomic E-state index is 8.93. The Bertz CT molecular complexity index is 542. The first kappa shape index (κ1) is 11.0. The fourth-order valence-electron chi connectivity index (χ4n) is 2.79. The number of nitrogens with zero attached hydrogens (tertiary/aromatic N) is 1. The molecule has 0 bridgehead atoms. The first-order chi connectivity index (χ1) is 8.90. The lowest BCUT2D eigenvalue weighted by molar-refractivity contribution is 0.320. The highest BCUT2D eigenvalue weighted by molar-refractivity contribution is 5.74. The third kappa shape index (κ3) is 1.80. The maximum absolute atomic E-state index is 8.93. The van der Waals surface area contributed by atoms with Crippen LogP contribution in [0.25, 0.3) is 0 Å². The Labute approximate surface area is 107 Å². The van der Waals surface area contributed by atoms with Crippen molar-refractivity contribution in [2.45, 2.75) is 18.8 Å². The Hall–Kier alpha value is -2.09. The van der Waals surface area contributed by atoms with Crippen LogP contribution in [0.15, 0.2) is 53.7 Å². The van der Waals surface area contributed by atoms with E-state index in [1.165, 1.54) is 22.3 Å². The van der Waals surface area contributed by atoms with Crippen LogP contribution in [0.5, 0.6) is 0 Å². The minimum Gasteiger partial charge on any atom is -0.411 e. The summed E-state index contributed by atoms with van der Waals surface area (Å²) in [5, 5.41) is 12.2. The predicted octanol–water partition coefficient (Wildman–Crippen LogP) is 3.38. The van der Waals surface area contributed by atoms with Gasteiger partial charge in [-0.05, 0) is 35.1 Å². The van der Waals surface area contributed by atoms with Gasteiger partial charge in [0, 0.05) is 5.92 Å². The first-order valence-corrected chi connectivity index (χ1v) is 6.23. The quantitative estimate of drug-likeness (QED) is 0.460. The number of fused-ring (bicyclic) bond motifs is 2. The SMILES string of the molecule is ON=CC1c2ccccc2CCc2ccccc21. The van der Waals surface area contributed by atoms with E-state index in [1.807, 2.05) is 12.1 Å². The lowest BCUT2D eigenvalue weighted by atomic mass is 9.89. The Morgan fingerprint density at radius 1 is 0.889 bits per heavy atom. The minimum atomic E-state index is 0.0601. The fraction of sp³-hybridized carbons (Fsp3) is 0.188. The second-order valence-electron chi connectivity index (χ2n) is 4.64. The van der Waals surface area contributed by atoms with Crippen molar-refractivity contribution in [3.8, 4) is 0 Å². The van der Waals surface area contributed by atoms with Crippen LogP contribution in [0.3, 0.4) is 0 Å². The van der Waals surface area contributed by atoms with Gasteiger partial charge in [-0.25, -0.2) is 0 Å². The second kappa shape index (κ2) is 4.65. The molecule has 18 heavy (non-hydrogen) atoms. The molecule has 0 aliphatic heterocycles. The molecule has 0 saturated heterocycles. The minimum absolute atomic E-state index is 0.0601. The molecule has 2 heteroatoms. The van der Waals surface area contributed by atoms with Crippen molar-refractivity contribution in [2.75, 3.05) is 0 Å². The van der Waals surface area contributed by atoms with Crippen LogP contribution in [0.1, 0.15) is 28.2 Å². The molecule has 0 unspecified atom stereocenters. The number of hydrogen-bond donors (Lipinski definition) is 1. The zero-order valence-corrected chi connectivity index (χ0v) is 10.1. The van der Waals surface area contributed by atoms with E-state index in [0.29, 0.717) is 0 Å². The topological polar surface area (TPSA) is 32.6 Å². The van der Waals surface area contributed by atoms with Crippen molar-refractivity contribution in [1.82, 2.24) is 0 Å². The van der Waals surface area contributed by atoms with Gasteiger partial charge in [0.25, 0.3) is 0 Å². The zero-order valence-electron chi connectivity index (χ0n) is 10.1. The molecule has 0 aromatic heterocycles. The maximum Gasteiger partial charge on any atom is 0.0555 e. The molecule has 3 rings (SSSR count). The molecular formula is C16H15NO. The summed E-state index contributed by atoms with van der Waals surface area (Å²) < 4.78 is 0. The van der Waals surface area contributed by atoms with Crippen molar-refractivity contribution >= 4 is 6.21 Å². The Kier molecular flexibility index (Phi) is 2.85. The molecule has 0 radical (unpaired) electrons. The standard InChI is InChI=1S/C16H15NO/c18-17-11-16-14-7-3-1-5-12(14)9-10-13-6-2-4-8-15(13)16/h1-8,11,16,18H,9-10H2. The van der Waals surface area contributed by atoms with Crippen molar-refractivity contribution in [3.05, 3.63) is 70.8 Å². The van der Waals surface area contributed by atoms with Gasteiger partial charge < -0.3 is 5.21 Å². The first-order valence-electron chi connectivity index (χ1n) is 6.23. The van der Waals surface area contributed by atoms with E-state index >= 15 is 0 Å². The average Bonchev–Trinajstić information content (AvgIpc) is 2.58.